The Hall–Kier alpha value is -2.90. The van der Waals surface area contributed by atoms with Crippen LogP contribution in [-0.2, 0) is 6.54 Å². The lowest BCUT2D eigenvalue weighted by atomic mass is 10.1. The van der Waals surface area contributed by atoms with Gasteiger partial charge in [-0.3, -0.25) is 9.89 Å². The Morgan fingerprint density at radius 3 is 2.90 bits per heavy atom. The Morgan fingerprint density at radius 2 is 1.97 bits per heavy atom. The molecular weight excluding hydrogens is 404 g/mol. The average Bonchev–Trinajstić information content (AvgIpc) is 3.44. The summed E-state index contributed by atoms with van der Waals surface area (Å²) in [4.78, 5) is 21.9. The molecule has 0 atom stereocenters. The molecule has 5 rings (SSSR count). The predicted molar refractivity (Wildman–Crippen MR) is 129 cm³/mol. The zero-order valence-electron chi connectivity index (χ0n) is 17.5. The summed E-state index contributed by atoms with van der Waals surface area (Å²) in [6, 6.07) is 8.26. The maximum Gasteiger partial charge on any atom is 0.190 e. The number of likely N-dealkylation sites (tertiary alicyclic amines) is 1. The van der Waals surface area contributed by atoms with E-state index in [0.717, 1.165) is 58.4 Å². The largest absolute Gasteiger partial charge is 0.316 e. The molecule has 158 valence electrons. The number of nitrogens with one attached hydrogen (secondary N) is 1. The van der Waals surface area contributed by atoms with Crippen molar-refractivity contribution in [1.82, 2.24) is 19.9 Å². The van der Waals surface area contributed by atoms with E-state index < -0.39 is 0 Å². The van der Waals surface area contributed by atoms with Gasteiger partial charge >= 0.3 is 0 Å². The standard InChI is InChI=1S/C24H26N6S/c1-2-4-11-25-16-19(7-3-1)20-8-9-21-23(27-20)31-24(28-21)29-22-15-18(10-12-26-22)17-30-13-5-6-14-30/h3,7-12,15-16H,1-2,4-6,13-14,17H2,(H,26,28,29)/b7-3?,19-16+,25-11?. The van der Waals surface area contributed by atoms with Crippen LogP contribution in [0.1, 0.15) is 43.4 Å². The fourth-order valence-electron chi connectivity index (χ4n) is 3.92. The van der Waals surface area contributed by atoms with E-state index in [9.17, 15) is 0 Å². The van der Waals surface area contributed by atoms with Gasteiger partial charge in [-0.25, -0.2) is 15.0 Å². The number of nitrogens with zero attached hydrogens (tertiary/aromatic N) is 5. The molecule has 6 nitrogen and oxygen atoms in total. The second kappa shape index (κ2) is 9.49. The van der Waals surface area contributed by atoms with Crippen molar-refractivity contribution in [2.75, 3.05) is 18.4 Å². The molecule has 0 amide bonds. The van der Waals surface area contributed by atoms with Crippen LogP contribution in [0.5, 0.6) is 0 Å². The molecule has 5 heterocycles. The van der Waals surface area contributed by atoms with E-state index in [1.54, 1.807) is 11.3 Å². The highest BCUT2D eigenvalue weighted by Gasteiger charge is 2.13. The number of hydrogen-bond donors (Lipinski definition) is 1. The van der Waals surface area contributed by atoms with Gasteiger partial charge in [-0.2, -0.15) is 0 Å². The quantitative estimate of drug-likeness (QED) is 0.572. The van der Waals surface area contributed by atoms with Crippen LogP contribution < -0.4 is 5.32 Å². The molecule has 0 spiro atoms. The summed E-state index contributed by atoms with van der Waals surface area (Å²) in [5.41, 5.74) is 4.11. The van der Waals surface area contributed by atoms with Gasteiger partial charge in [0, 0.05) is 30.7 Å². The number of rotatable bonds is 5. The Balaban J connectivity index is 1.35. The molecule has 1 fully saturated rings. The fourth-order valence-corrected chi connectivity index (χ4v) is 4.77. The van der Waals surface area contributed by atoms with Crippen LogP contribution >= 0.6 is 11.3 Å². The highest BCUT2D eigenvalue weighted by atomic mass is 32.1. The Labute approximate surface area is 186 Å². The van der Waals surface area contributed by atoms with E-state index in [-0.39, 0.29) is 0 Å². The first kappa shape index (κ1) is 20.0. The molecular formula is C24H26N6S. The average molecular weight is 431 g/mol. The summed E-state index contributed by atoms with van der Waals surface area (Å²) in [6.45, 7) is 3.36. The molecule has 7 heteroatoms. The molecule has 1 N–H and O–H groups in total. The molecule has 0 radical (unpaired) electrons. The molecule has 2 aliphatic heterocycles. The molecule has 31 heavy (non-hydrogen) atoms. The highest BCUT2D eigenvalue weighted by Crippen LogP contribution is 2.29. The predicted octanol–water partition coefficient (Wildman–Crippen LogP) is 5.58. The Kier molecular flexibility index (Phi) is 6.13. The summed E-state index contributed by atoms with van der Waals surface area (Å²) >= 11 is 1.55. The first-order valence-corrected chi connectivity index (χ1v) is 11.8. The van der Waals surface area contributed by atoms with E-state index in [2.05, 4.69) is 44.5 Å². The van der Waals surface area contributed by atoms with E-state index >= 15 is 0 Å². The van der Waals surface area contributed by atoms with Crippen LogP contribution in [0, 0.1) is 0 Å². The molecule has 0 aliphatic carbocycles. The second-order valence-corrected chi connectivity index (χ2v) is 8.92. The Bertz CT molecular complexity index is 1140. The zero-order valence-corrected chi connectivity index (χ0v) is 18.3. The van der Waals surface area contributed by atoms with Crippen LogP contribution in [0.25, 0.3) is 15.9 Å². The molecule has 2 aliphatic rings. The maximum atomic E-state index is 4.85. The summed E-state index contributed by atoms with van der Waals surface area (Å²) in [6.07, 6.45) is 15.9. The van der Waals surface area contributed by atoms with Crippen molar-refractivity contribution in [3.8, 4) is 0 Å². The van der Waals surface area contributed by atoms with Crippen molar-refractivity contribution in [2.45, 2.75) is 38.6 Å². The fraction of sp³-hybridized carbons (Fsp3) is 0.333. The number of allylic oxidation sites excluding steroid dienone is 3. The van der Waals surface area contributed by atoms with Crippen LogP contribution in [0.2, 0.25) is 0 Å². The first-order chi connectivity index (χ1) is 15.3. The second-order valence-electron chi connectivity index (χ2n) is 7.95. The molecule has 3 aromatic rings. The van der Waals surface area contributed by atoms with Gasteiger partial charge in [0.15, 0.2) is 5.13 Å². The van der Waals surface area contributed by atoms with Gasteiger partial charge in [-0.15, -0.1) is 0 Å². The van der Waals surface area contributed by atoms with E-state index in [1.807, 2.05) is 30.7 Å². The van der Waals surface area contributed by atoms with Gasteiger partial charge in [0.05, 0.1) is 5.69 Å². The van der Waals surface area contributed by atoms with Crippen molar-refractivity contribution >= 4 is 44.4 Å². The smallest absolute Gasteiger partial charge is 0.190 e. The number of anilines is 2. The minimum atomic E-state index is 0.808. The van der Waals surface area contributed by atoms with Gasteiger partial charge < -0.3 is 5.32 Å². The number of pyridine rings is 2. The maximum absolute atomic E-state index is 4.85. The molecule has 0 saturated carbocycles. The molecule has 0 aromatic carbocycles. The minimum absolute atomic E-state index is 0.808. The van der Waals surface area contributed by atoms with Gasteiger partial charge in [-0.1, -0.05) is 23.5 Å². The number of thiazole rings is 1. The molecule has 0 unspecified atom stereocenters. The van der Waals surface area contributed by atoms with Gasteiger partial charge in [0.25, 0.3) is 0 Å². The minimum Gasteiger partial charge on any atom is -0.316 e. The van der Waals surface area contributed by atoms with Crippen molar-refractivity contribution < 1.29 is 0 Å². The van der Waals surface area contributed by atoms with E-state index in [4.69, 9.17) is 9.97 Å². The monoisotopic (exact) mass is 430 g/mol. The molecule has 1 saturated heterocycles. The zero-order chi connectivity index (χ0) is 20.9. The number of aromatic nitrogens is 3. The topological polar surface area (TPSA) is 66.3 Å². The van der Waals surface area contributed by atoms with E-state index in [0.29, 0.717) is 0 Å². The third-order valence-electron chi connectivity index (χ3n) is 5.54. The van der Waals surface area contributed by atoms with Crippen molar-refractivity contribution in [3.05, 3.63) is 60.1 Å². The number of fused-ring (bicyclic) bond motifs is 1. The van der Waals surface area contributed by atoms with Crippen LogP contribution in [-0.4, -0.2) is 39.2 Å². The highest BCUT2D eigenvalue weighted by molar-refractivity contribution is 7.21. The lowest BCUT2D eigenvalue weighted by Gasteiger charge is -2.14. The normalized spacial score (nSPS) is 19.0. The summed E-state index contributed by atoms with van der Waals surface area (Å²) in [5, 5.41) is 4.18. The molecule has 3 aromatic heterocycles. The molecule has 0 bridgehead atoms. The lowest BCUT2D eigenvalue weighted by molar-refractivity contribution is 0.331. The first-order valence-electron chi connectivity index (χ1n) is 10.9. The van der Waals surface area contributed by atoms with Gasteiger partial charge in [0.2, 0.25) is 0 Å². The van der Waals surface area contributed by atoms with Gasteiger partial charge in [-0.05, 0) is 75.0 Å². The SMILES string of the molecule is C1=C/C(c2ccc3nc(Nc4cc(CN5CCCC5)ccn4)sc3n2)=C\N=CCCC1. The Morgan fingerprint density at radius 1 is 1.03 bits per heavy atom. The van der Waals surface area contributed by atoms with Crippen LogP contribution in [0.4, 0.5) is 10.9 Å². The van der Waals surface area contributed by atoms with Crippen molar-refractivity contribution in [2.24, 2.45) is 4.99 Å². The third-order valence-corrected chi connectivity index (χ3v) is 6.42. The van der Waals surface area contributed by atoms with Gasteiger partial charge in [0.1, 0.15) is 16.2 Å². The van der Waals surface area contributed by atoms with Crippen LogP contribution in [0.15, 0.2) is 53.8 Å². The van der Waals surface area contributed by atoms with Crippen molar-refractivity contribution in [1.29, 1.82) is 0 Å². The number of hydrogen-bond acceptors (Lipinski definition) is 7. The van der Waals surface area contributed by atoms with Crippen molar-refractivity contribution in [3.63, 3.8) is 0 Å². The lowest BCUT2D eigenvalue weighted by Crippen LogP contribution is -2.18. The van der Waals surface area contributed by atoms with Crippen LogP contribution in [0.3, 0.4) is 0 Å². The number of aliphatic imine (C=N–C) groups is 1. The summed E-state index contributed by atoms with van der Waals surface area (Å²) < 4.78 is 0. The third kappa shape index (κ3) is 5.06. The van der Waals surface area contributed by atoms with E-state index in [1.165, 1.54) is 31.5 Å². The summed E-state index contributed by atoms with van der Waals surface area (Å²) in [7, 11) is 0. The summed E-state index contributed by atoms with van der Waals surface area (Å²) in [5.74, 6) is 0.826.